The summed E-state index contributed by atoms with van der Waals surface area (Å²) in [6.45, 7) is 2.25. The lowest BCUT2D eigenvalue weighted by Gasteiger charge is -2.22. The molecule has 0 aliphatic rings. The molecule has 0 aliphatic carbocycles. The first kappa shape index (κ1) is 12.8. The van der Waals surface area contributed by atoms with Crippen LogP contribution in [-0.4, -0.2) is 25.6 Å². The van der Waals surface area contributed by atoms with Crippen molar-refractivity contribution in [3.8, 4) is 5.75 Å². The van der Waals surface area contributed by atoms with E-state index < -0.39 is 6.03 Å². The van der Waals surface area contributed by atoms with Crippen molar-refractivity contribution in [2.75, 3.05) is 18.6 Å². The van der Waals surface area contributed by atoms with E-state index in [1.807, 2.05) is 0 Å². The Labute approximate surface area is 99.9 Å². The number of rotatable bonds is 3. The highest BCUT2D eigenvalue weighted by Gasteiger charge is 2.21. The molecule has 0 spiro atoms. The minimum Gasteiger partial charge on any atom is -0.495 e. The fourth-order valence-corrected chi connectivity index (χ4v) is 1.39. The molecule has 0 fully saturated rings. The first-order valence-electron chi connectivity index (χ1n) is 5.16. The van der Waals surface area contributed by atoms with Crippen LogP contribution in [0.3, 0.4) is 0 Å². The zero-order valence-corrected chi connectivity index (χ0v) is 9.86. The minimum atomic E-state index is -0.454. The molecular formula is C11H16N4O2. The van der Waals surface area contributed by atoms with E-state index in [-0.39, 0.29) is 5.96 Å². The quantitative estimate of drug-likeness (QED) is 0.542. The topological polar surface area (TPSA) is 91.4 Å². The molecule has 4 N–H and O–H groups in total. The van der Waals surface area contributed by atoms with Gasteiger partial charge < -0.3 is 15.8 Å². The molecule has 92 valence electrons. The summed E-state index contributed by atoms with van der Waals surface area (Å²) in [4.78, 5) is 12.8. The smallest absolute Gasteiger partial charge is 0.328 e. The Bertz CT molecular complexity index is 420. The van der Waals surface area contributed by atoms with Gasteiger partial charge in [0.15, 0.2) is 0 Å². The van der Waals surface area contributed by atoms with Gasteiger partial charge in [-0.2, -0.15) is 0 Å². The fraction of sp³-hybridized carbons (Fsp3) is 0.273. The molecule has 0 saturated carbocycles. The van der Waals surface area contributed by atoms with Gasteiger partial charge in [-0.1, -0.05) is 12.1 Å². The molecule has 6 heteroatoms. The molecule has 17 heavy (non-hydrogen) atoms. The average Bonchev–Trinajstić information content (AvgIpc) is 2.30. The van der Waals surface area contributed by atoms with Crippen LogP contribution in [0.1, 0.15) is 6.92 Å². The molecule has 1 aromatic rings. The Kier molecular flexibility index (Phi) is 4.33. The maximum atomic E-state index is 11.8. The van der Waals surface area contributed by atoms with Crippen LogP contribution in [-0.2, 0) is 0 Å². The second-order valence-electron chi connectivity index (χ2n) is 3.23. The number of para-hydroxylation sites is 2. The molecule has 0 saturated heterocycles. The number of anilines is 1. The van der Waals surface area contributed by atoms with E-state index in [9.17, 15) is 4.79 Å². The van der Waals surface area contributed by atoms with Gasteiger partial charge in [-0.25, -0.2) is 9.69 Å². The Balaban J connectivity index is 3.14. The van der Waals surface area contributed by atoms with E-state index in [2.05, 4.69) is 5.32 Å². The predicted molar refractivity (Wildman–Crippen MR) is 66.5 cm³/mol. The lowest BCUT2D eigenvalue weighted by atomic mass is 10.2. The van der Waals surface area contributed by atoms with Crippen molar-refractivity contribution in [3.63, 3.8) is 0 Å². The number of amides is 2. The van der Waals surface area contributed by atoms with Crippen molar-refractivity contribution >= 4 is 17.7 Å². The van der Waals surface area contributed by atoms with E-state index in [1.54, 1.807) is 31.2 Å². The van der Waals surface area contributed by atoms with Crippen LogP contribution in [0.15, 0.2) is 24.3 Å². The zero-order valence-electron chi connectivity index (χ0n) is 9.86. The summed E-state index contributed by atoms with van der Waals surface area (Å²) < 4.78 is 5.13. The number of carbonyl (C=O) groups excluding carboxylic acids is 1. The fourth-order valence-electron chi connectivity index (χ4n) is 1.39. The molecule has 6 nitrogen and oxygen atoms in total. The molecule has 0 unspecified atom stereocenters. The van der Waals surface area contributed by atoms with Crippen LogP contribution >= 0.6 is 0 Å². The largest absolute Gasteiger partial charge is 0.495 e. The van der Waals surface area contributed by atoms with Crippen LogP contribution in [0.5, 0.6) is 5.75 Å². The number of guanidine groups is 1. The second kappa shape index (κ2) is 5.74. The van der Waals surface area contributed by atoms with Crippen LogP contribution in [0, 0.1) is 5.41 Å². The van der Waals surface area contributed by atoms with Gasteiger partial charge in [0.05, 0.1) is 12.8 Å². The Morgan fingerprint density at radius 2 is 2.18 bits per heavy atom. The number of hydrogen-bond donors (Lipinski definition) is 3. The van der Waals surface area contributed by atoms with Gasteiger partial charge in [0.1, 0.15) is 5.75 Å². The number of carbonyl (C=O) groups is 1. The predicted octanol–water partition coefficient (Wildman–Crippen LogP) is 1.12. The molecule has 0 radical (unpaired) electrons. The molecule has 0 bridgehead atoms. The number of urea groups is 1. The molecular weight excluding hydrogens is 220 g/mol. The summed E-state index contributed by atoms with van der Waals surface area (Å²) in [5.41, 5.74) is 5.85. The number of methoxy groups -OCH3 is 1. The summed E-state index contributed by atoms with van der Waals surface area (Å²) in [7, 11) is 1.49. The highest BCUT2D eigenvalue weighted by Crippen LogP contribution is 2.27. The maximum absolute atomic E-state index is 11.8. The summed E-state index contributed by atoms with van der Waals surface area (Å²) in [5, 5.41) is 10.0. The summed E-state index contributed by atoms with van der Waals surface area (Å²) >= 11 is 0. The van der Waals surface area contributed by atoms with Gasteiger partial charge >= 0.3 is 6.03 Å². The van der Waals surface area contributed by atoms with E-state index >= 15 is 0 Å². The number of benzene rings is 1. The number of ether oxygens (including phenoxy) is 1. The Morgan fingerprint density at radius 1 is 1.53 bits per heavy atom. The molecule has 2 amide bonds. The first-order valence-corrected chi connectivity index (χ1v) is 5.16. The number of nitrogens with one attached hydrogen (secondary N) is 2. The normalized spacial score (nSPS) is 9.53. The SMILES string of the molecule is CCNC(=O)N(C(=N)N)c1ccccc1OC. The van der Waals surface area contributed by atoms with Crippen molar-refractivity contribution in [1.29, 1.82) is 5.41 Å². The number of nitrogens with two attached hydrogens (primary N) is 1. The first-order chi connectivity index (χ1) is 8.11. The van der Waals surface area contributed by atoms with E-state index in [4.69, 9.17) is 15.9 Å². The third kappa shape index (κ3) is 2.87. The Hall–Kier alpha value is -2.24. The zero-order chi connectivity index (χ0) is 12.8. The average molecular weight is 236 g/mol. The van der Waals surface area contributed by atoms with Gasteiger partial charge in [-0.3, -0.25) is 5.41 Å². The lowest BCUT2D eigenvalue weighted by Crippen LogP contribution is -2.47. The van der Waals surface area contributed by atoms with Crippen LogP contribution in [0.25, 0.3) is 0 Å². The van der Waals surface area contributed by atoms with Crippen molar-refractivity contribution in [1.82, 2.24) is 5.32 Å². The molecule has 1 aromatic carbocycles. The van der Waals surface area contributed by atoms with Gasteiger partial charge in [-0.15, -0.1) is 0 Å². The summed E-state index contributed by atoms with van der Waals surface area (Å²) in [5.74, 6) is 0.120. The molecule has 0 aliphatic heterocycles. The molecule has 1 rings (SSSR count). The maximum Gasteiger partial charge on any atom is 0.328 e. The van der Waals surface area contributed by atoms with E-state index in [1.165, 1.54) is 7.11 Å². The van der Waals surface area contributed by atoms with Gasteiger partial charge in [0.25, 0.3) is 0 Å². The summed E-state index contributed by atoms with van der Waals surface area (Å²) in [6.07, 6.45) is 0. The van der Waals surface area contributed by atoms with Crippen LogP contribution in [0.2, 0.25) is 0 Å². The highest BCUT2D eigenvalue weighted by molar-refractivity contribution is 6.14. The van der Waals surface area contributed by atoms with Crippen molar-refractivity contribution in [3.05, 3.63) is 24.3 Å². The monoisotopic (exact) mass is 236 g/mol. The Morgan fingerprint density at radius 3 is 2.71 bits per heavy atom. The number of nitrogens with zero attached hydrogens (tertiary/aromatic N) is 1. The molecule has 0 aromatic heterocycles. The van der Waals surface area contributed by atoms with Crippen LogP contribution in [0.4, 0.5) is 10.5 Å². The highest BCUT2D eigenvalue weighted by atomic mass is 16.5. The van der Waals surface area contributed by atoms with Gasteiger partial charge in [0.2, 0.25) is 5.96 Å². The third-order valence-electron chi connectivity index (χ3n) is 2.10. The molecule has 0 heterocycles. The van der Waals surface area contributed by atoms with Gasteiger partial charge in [-0.05, 0) is 19.1 Å². The van der Waals surface area contributed by atoms with Gasteiger partial charge in [0, 0.05) is 6.54 Å². The van der Waals surface area contributed by atoms with Crippen molar-refractivity contribution in [2.45, 2.75) is 6.92 Å². The number of hydrogen-bond acceptors (Lipinski definition) is 3. The third-order valence-corrected chi connectivity index (χ3v) is 2.10. The lowest BCUT2D eigenvalue weighted by molar-refractivity contribution is 0.249. The molecule has 0 atom stereocenters. The van der Waals surface area contributed by atoms with Crippen molar-refractivity contribution in [2.24, 2.45) is 5.73 Å². The van der Waals surface area contributed by atoms with Crippen molar-refractivity contribution < 1.29 is 9.53 Å². The van der Waals surface area contributed by atoms with E-state index in [0.717, 1.165) is 4.90 Å². The minimum absolute atomic E-state index is 0.361. The summed E-state index contributed by atoms with van der Waals surface area (Å²) in [6, 6.07) is 6.43. The second-order valence-corrected chi connectivity index (χ2v) is 3.23. The standard InChI is InChI=1S/C11H16N4O2/c1-3-14-11(16)15(10(12)13)8-6-4-5-7-9(8)17-2/h4-7H,3H2,1-2H3,(H3,12,13)(H,14,16). The van der Waals surface area contributed by atoms with E-state index in [0.29, 0.717) is 18.0 Å². The van der Waals surface area contributed by atoms with Crippen LogP contribution < -0.4 is 20.7 Å².